The summed E-state index contributed by atoms with van der Waals surface area (Å²) in [6.07, 6.45) is 5.33. The van der Waals surface area contributed by atoms with E-state index in [4.69, 9.17) is 15.5 Å². The van der Waals surface area contributed by atoms with Crippen molar-refractivity contribution in [3.05, 3.63) is 42.2 Å². The maximum atomic E-state index is 11.8. The third-order valence-electron chi connectivity index (χ3n) is 5.97. The first-order valence-electron chi connectivity index (χ1n) is 11.8. The van der Waals surface area contributed by atoms with Gasteiger partial charge in [0.25, 0.3) is 6.01 Å². The summed E-state index contributed by atoms with van der Waals surface area (Å²) in [5.41, 5.74) is 12.0. The summed E-state index contributed by atoms with van der Waals surface area (Å²) >= 11 is 0. The molecule has 0 bridgehead atoms. The Morgan fingerprint density at radius 2 is 2.00 bits per heavy atom. The largest absolute Gasteiger partial charge is 0.465 e. The predicted molar refractivity (Wildman–Crippen MR) is 136 cm³/mol. The molecule has 0 saturated heterocycles. The van der Waals surface area contributed by atoms with Gasteiger partial charge in [0, 0.05) is 42.4 Å². The molecule has 3 heterocycles. The molecule has 1 aromatic carbocycles. The van der Waals surface area contributed by atoms with Crippen LogP contribution >= 0.6 is 0 Å². The molecule has 8 nitrogen and oxygen atoms in total. The third-order valence-corrected chi connectivity index (χ3v) is 5.97. The zero-order valence-electron chi connectivity index (χ0n) is 20.3. The van der Waals surface area contributed by atoms with Crippen LogP contribution in [0.15, 0.2) is 36.7 Å². The molecule has 8 heteroatoms. The van der Waals surface area contributed by atoms with Crippen LogP contribution in [-0.2, 0) is 11.3 Å². The van der Waals surface area contributed by atoms with Crippen molar-refractivity contribution in [3.8, 4) is 17.1 Å². The number of aryl methyl sites for hydroxylation is 2. The van der Waals surface area contributed by atoms with Gasteiger partial charge in [0.05, 0.1) is 17.6 Å². The van der Waals surface area contributed by atoms with Crippen LogP contribution in [0.4, 0.5) is 5.82 Å². The van der Waals surface area contributed by atoms with E-state index in [2.05, 4.69) is 38.9 Å². The van der Waals surface area contributed by atoms with Gasteiger partial charge in [0.2, 0.25) is 5.91 Å². The highest BCUT2D eigenvalue weighted by Gasteiger charge is 2.20. The third kappa shape index (κ3) is 4.53. The number of fused-ring (bicyclic) bond motifs is 3. The summed E-state index contributed by atoms with van der Waals surface area (Å²) in [5.74, 6) is 0.453. The van der Waals surface area contributed by atoms with Gasteiger partial charge < -0.3 is 15.8 Å². The number of nitrogens with one attached hydrogen (secondary N) is 1. The number of aromatic nitrogens is 4. The summed E-state index contributed by atoms with van der Waals surface area (Å²) in [6, 6.07) is 8.69. The molecule has 0 saturated carbocycles. The first-order chi connectivity index (χ1) is 16.4. The van der Waals surface area contributed by atoms with E-state index in [1.165, 1.54) is 0 Å². The Bertz CT molecular complexity index is 1310. The Balaban J connectivity index is 1.73. The number of nitrogens with two attached hydrogens (primary N) is 1. The van der Waals surface area contributed by atoms with Crippen LogP contribution in [0, 0.1) is 12.8 Å². The van der Waals surface area contributed by atoms with Crippen molar-refractivity contribution < 1.29 is 9.53 Å². The van der Waals surface area contributed by atoms with Gasteiger partial charge in [0.1, 0.15) is 5.52 Å². The van der Waals surface area contributed by atoms with Crippen molar-refractivity contribution in [2.45, 2.75) is 47.1 Å². The summed E-state index contributed by atoms with van der Waals surface area (Å²) in [5, 5.41) is 3.96. The van der Waals surface area contributed by atoms with Gasteiger partial charge in [-0.25, -0.2) is 4.98 Å². The van der Waals surface area contributed by atoms with Crippen molar-refractivity contribution in [1.29, 1.82) is 0 Å². The van der Waals surface area contributed by atoms with Crippen molar-refractivity contribution >= 4 is 33.7 Å². The zero-order valence-corrected chi connectivity index (χ0v) is 20.3. The van der Waals surface area contributed by atoms with Gasteiger partial charge in [-0.3, -0.25) is 14.3 Å². The molecule has 4 aromatic rings. The molecular formula is C26H32N6O2. The smallest absolute Gasteiger partial charge is 0.297 e. The second-order valence-electron chi connectivity index (χ2n) is 8.70. The fraction of sp³-hybridized carbons (Fsp3) is 0.385. The molecule has 0 atom stereocenters. The molecule has 34 heavy (non-hydrogen) atoms. The molecule has 0 spiro atoms. The Hall–Kier alpha value is -3.68. The van der Waals surface area contributed by atoms with Crippen LogP contribution < -0.4 is 15.8 Å². The summed E-state index contributed by atoms with van der Waals surface area (Å²) in [4.78, 5) is 25.5. The van der Waals surface area contributed by atoms with Crippen molar-refractivity contribution in [1.82, 2.24) is 24.8 Å². The number of imidazole rings is 1. The average molecular weight is 461 g/mol. The highest BCUT2D eigenvalue weighted by Crippen LogP contribution is 2.36. The SMILES string of the molecule is CCOc1nc2c(N)nc3c(C)c(-c4cccnc4)ccc3c2n1CCCCNC(=O)C(C)C. The van der Waals surface area contributed by atoms with Crippen molar-refractivity contribution in [3.63, 3.8) is 0 Å². The van der Waals surface area contributed by atoms with E-state index in [1.807, 2.05) is 39.1 Å². The number of carbonyl (C=O) groups excluding carboxylic acids is 1. The molecule has 0 aliphatic carbocycles. The Morgan fingerprint density at radius 1 is 1.18 bits per heavy atom. The molecule has 1 amide bonds. The number of hydrogen-bond donors (Lipinski definition) is 2. The van der Waals surface area contributed by atoms with Gasteiger partial charge >= 0.3 is 0 Å². The second kappa shape index (κ2) is 10.1. The number of rotatable bonds is 9. The van der Waals surface area contributed by atoms with Gasteiger partial charge in [0.15, 0.2) is 5.82 Å². The monoisotopic (exact) mass is 460 g/mol. The van der Waals surface area contributed by atoms with E-state index >= 15 is 0 Å². The van der Waals surface area contributed by atoms with Crippen LogP contribution in [0.2, 0.25) is 0 Å². The van der Waals surface area contributed by atoms with E-state index in [-0.39, 0.29) is 11.8 Å². The number of nitrogen functional groups attached to an aromatic ring is 1. The second-order valence-corrected chi connectivity index (χ2v) is 8.70. The minimum Gasteiger partial charge on any atom is -0.465 e. The minimum atomic E-state index is -0.0104. The molecule has 0 radical (unpaired) electrons. The van der Waals surface area contributed by atoms with E-state index in [0.717, 1.165) is 46.0 Å². The molecule has 178 valence electrons. The lowest BCUT2D eigenvalue weighted by molar-refractivity contribution is -0.123. The van der Waals surface area contributed by atoms with E-state index in [9.17, 15) is 4.79 Å². The Morgan fingerprint density at radius 3 is 2.71 bits per heavy atom. The normalized spacial score (nSPS) is 11.4. The Kier molecular flexibility index (Phi) is 6.95. The van der Waals surface area contributed by atoms with E-state index in [1.54, 1.807) is 6.20 Å². The lowest BCUT2D eigenvalue weighted by Crippen LogP contribution is -2.28. The average Bonchev–Trinajstić information content (AvgIpc) is 3.19. The van der Waals surface area contributed by atoms with Crippen LogP contribution in [0.5, 0.6) is 6.01 Å². The van der Waals surface area contributed by atoms with Gasteiger partial charge in [-0.1, -0.05) is 26.0 Å². The minimum absolute atomic E-state index is 0.0104. The van der Waals surface area contributed by atoms with Gasteiger partial charge in [-0.05, 0) is 49.9 Å². The molecular weight excluding hydrogens is 428 g/mol. The maximum absolute atomic E-state index is 11.8. The highest BCUT2D eigenvalue weighted by molar-refractivity contribution is 6.09. The Labute approximate surface area is 199 Å². The fourth-order valence-corrected chi connectivity index (χ4v) is 4.18. The number of ether oxygens (including phenoxy) is 1. The van der Waals surface area contributed by atoms with Crippen LogP contribution in [0.25, 0.3) is 33.1 Å². The van der Waals surface area contributed by atoms with E-state index in [0.29, 0.717) is 37.0 Å². The molecule has 3 N–H and O–H groups in total. The fourth-order valence-electron chi connectivity index (χ4n) is 4.18. The maximum Gasteiger partial charge on any atom is 0.297 e. The van der Waals surface area contributed by atoms with Crippen LogP contribution in [-0.4, -0.2) is 38.6 Å². The summed E-state index contributed by atoms with van der Waals surface area (Å²) in [6.45, 7) is 9.64. The van der Waals surface area contributed by atoms with Gasteiger partial charge in [-0.15, -0.1) is 0 Å². The van der Waals surface area contributed by atoms with Crippen molar-refractivity contribution in [2.75, 3.05) is 18.9 Å². The van der Waals surface area contributed by atoms with Crippen molar-refractivity contribution in [2.24, 2.45) is 5.92 Å². The lowest BCUT2D eigenvalue weighted by Gasteiger charge is -2.13. The van der Waals surface area contributed by atoms with Gasteiger partial charge in [-0.2, -0.15) is 4.98 Å². The van der Waals surface area contributed by atoms with E-state index < -0.39 is 0 Å². The number of unbranched alkanes of at least 4 members (excludes halogenated alkanes) is 1. The first-order valence-corrected chi connectivity index (χ1v) is 11.8. The number of hydrogen-bond acceptors (Lipinski definition) is 6. The molecule has 0 unspecified atom stereocenters. The van der Waals surface area contributed by atoms with Crippen LogP contribution in [0.1, 0.15) is 39.2 Å². The highest BCUT2D eigenvalue weighted by atomic mass is 16.5. The number of pyridine rings is 2. The topological polar surface area (TPSA) is 108 Å². The summed E-state index contributed by atoms with van der Waals surface area (Å²) in [7, 11) is 0. The molecule has 0 aliphatic heterocycles. The number of anilines is 1. The number of amides is 1. The summed E-state index contributed by atoms with van der Waals surface area (Å²) < 4.78 is 7.96. The molecule has 4 rings (SSSR count). The predicted octanol–water partition coefficient (Wildman–Crippen LogP) is 4.49. The first kappa shape index (κ1) is 23.5. The number of benzene rings is 1. The zero-order chi connectivity index (χ0) is 24.2. The number of carbonyl (C=O) groups is 1. The molecule has 3 aromatic heterocycles. The molecule has 0 aliphatic rings. The number of nitrogens with zero attached hydrogens (tertiary/aromatic N) is 4. The quantitative estimate of drug-likeness (QED) is 0.356. The standard InChI is InChI=1S/C26H32N6O2/c1-5-34-26-31-22-23(32(26)14-7-6-13-29-25(33)16(2)3)20-11-10-19(18-9-8-12-28-15-18)17(4)21(20)30-24(22)27/h8-12,15-16H,5-7,13-14H2,1-4H3,(H2,27,30)(H,29,33). The van der Waals surface area contributed by atoms with Crippen LogP contribution in [0.3, 0.4) is 0 Å². The lowest BCUT2D eigenvalue weighted by atomic mass is 9.98. The molecule has 0 fully saturated rings.